The number of benzene rings is 1. The highest BCUT2D eigenvalue weighted by Crippen LogP contribution is 2.24. The van der Waals surface area contributed by atoms with E-state index in [9.17, 15) is 14.7 Å². The van der Waals surface area contributed by atoms with E-state index in [1.807, 2.05) is 13.0 Å². The van der Waals surface area contributed by atoms with Gasteiger partial charge in [-0.1, -0.05) is 15.9 Å². The molecule has 3 N–H and O–H groups in total. The van der Waals surface area contributed by atoms with Gasteiger partial charge in [0.1, 0.15) is 0 Å². The molecule has 5 nitrogen and oxygen atoms in total. The Hall–Kier alpha value is -1.40. The number of aliphatic hydroxyl groups is 1. The number of rotatable bonds is 2. The summed E-state index contributed by atoms with van der Waals surface area (Å²) in [7, 11) is 0. The predicted octanol–water partition coefficient (Wildman–Crippen LogP) is 1.21. The number of nitrogens with two attached hydrogens (primary N) is 1. The second-order valence-electron chi connectivity index (χ2n) is 5.19. The van der Waals surface area contributed by atoms with Crippen LogP contribution in [0, 0.1) is 6.92 Å². The Labute approximate surface area is 125 Å². The van der Waals surface area contributed by atoms with Crippen LogP contribution in [0.1, 0.15) is 28.8 Å². The smallest absolute Gasteiger partial charge is 0.254 e. The monoisotopic (exact) mass is 340 g/mol. The summed E-state index contributed by atoms with van der Waals surface area (Å²) in [6, 6.07) is 5.39. The number of nitrogens with zero attached hydrogens (tertiary/aromatic N) is 1. The Balaban J connectivity index is 2.23. The molecule has 1 aromatic rings. The Morgan fingerprint density at radius 2 is 2.15 bits per heavy atom. The first-order chi connectivity index (χ1) is 9.33. The van der Waals surface area contributed by atoms with Crippen LogP contribution in [0.3, 0.4) is 0 Å². The molecule has 2 amide bonds. The lowest BCUT2D eigenvalue weighted by Crippen LogP contribution is -2.57. The average molecular weight is 341 g/mol. The zero-order valence-corrected chi connectivity index (χ0v) is 12.8. The molecular formula is C14H17BrN2O3. The molecule has 0 aromatic heterocycles. The van der Waals surface area contributed by atoms with Crippen LogP contribution < -0.4 is 5.73 Å². The molecule has 108 valence electrons. The number of halogens is 1. The number of piperidine rings is 1. The Bertz CT molecular complexity index is 561. The number of carbonyl (C=O) groups is 2. The highest BCUT2D eigenvalue weighted by molar-refractivity contribution is 9.10. The van der Waals surface area contributed by atoms with E-state index in [-0.39, 0.29) is 12.5 Å². The molecule has 1 aliphatic rings. The maximum Gasteiger partial charge on any atom is 0.254 e. The minimum atomic E-state index is -1.61. The number of β-amino-alcohol motifs (C(OH)–C–C–N with tert-alkyl or cyclic N) is 1. The second kappa shape index (κ2) is 5.54. The summed E-state index contributed by atoms with van der Waals surface area (Å²) in [5.41, 5.74) is 5.02. The van der Waals surface area contributed by atoms with Crippen molar-refractivity contribution < 1.29 is 14.7 Å². The van der Waals surface area contributed by atoms with Crippen LogP contribution in [0.5, 0.6) is 0 Å². The molecule has 0 radical (unpaired) electrons. The van der Waals surface area contributed by atoms with Crippen LogP contribution in [0.4, 0.5) is 0 Å². The van der Waals surface area contributed by atoms with E-state index in [0.717, 1.165) is 10.0 Å². The van der Waals surface area contributed by atoms with Crippen molar-refractivity contribution in [2.24, 2.45) is 5.73 Å². The normalized spacial score (nSPS) is 22.6. The molecule has 0 spiro atoms. The number of likely N-dealkylation sites (tertiary alicyclic amines) is 1. The zero-order valence-electron chi connectivity index (χ0n) is 11.2. The summed E-state index contributed by atoms with van der Waals surface area (Å²) in [5, 5.41) is 10.2. The van der Waals surface area contributed by atoms with Gasteiger partial charge in [0, 0.05) is 16.6 Å². The quantitative estimate of drug-likeness (QED) is 0.848. The number of amides is 2. The van der Waals surface area contributed by atoms with Crippen molar-refractivity contribution in [1.82, 2.24) is 4.90 Å². The van der Waals surface area contributed by atoms with Crippen LogP contribution in [-0.4, -0.2) is 40.5 Å². The fraction of sp³-hybridized carbons (Fsp3) is 0.429. The standard InChI is InChI=1S/C14H17BrN2O3/c1-9-7-10(15)3-4-11(9)12(18)17-6-2-5-14(20,8-17)13(16)19/h3-4,7,20H,2,5-6,8H2,1H3,(H2,16,19)/t14-/m0/s1. The average Bonchev–Trinajstić information content (AvgIpc) is 2.38. The summed E-state index contributed by atoms with van der Waals surface area (Å²) < 4.78 is 0.902. The van der Waals surface area contributed by atoms with Crippen molar-refractivity contribution >= 4 is 27.7 Å². The van der Waals surface area contributed by atoms with Gasteiger partial charge in [0.25, 0.3) is 11.8 Å². The van der Waals surface area contributed by atoms with Gasteiger partial charge in [-0.3, -0.25) is 9.59 Å². The van der Waals surface area contributed by atoms with Crippen molar-refractivity contribution in [3.05, 3.63) is 33.8 Å². The largest absolute Gasteiger partial charge is 0.378 e. The Kier molecular flexibility index (Phi) is 4.15. The number of aryl methyl sites for hydroxylation is 1. The van der Waals surface area contributed by atoms with Crippen molar-refractivity contribution in [2.45, 2.75) is 25.4 Å². The van der Waals surface area contributed by atoms with E-state index in [2.05, 4.69) is 15.9 Å². The number of carbonyl (C=O) groups excluding carboxylic acids is 2. The third-order valence-electron chi connectivity index (χ3n) is 3.64. The highest BCUT2D eigenvalue weighted by atomic mass is 79.9. The first kappa shape index (κ1) is 15.0. The predicted molar refractivity (Wildman–Crippen MR) is 78.2 cm³/mol. The lowest BCUT2D eigenvalue weighted by atomic mass is 9.91. The zero-order chi connectivity index (χ0) is 14.9. The lowest BCUT2D eigenvalue weighted by molar-refractivity contribution is -0.140. The molecule has 0 aliphatic carbocycles. The van der Waals surface area contributed by atoms with E-state index in [1.165, 1.54) is 4.90 Å². The molecule has 1 heterocycles. The van der Waals surface area contributed by atoms with Crippen LogP contribution >= 0.6 is 15.9 Å². The van der Waals surface area contributed by atoms with Crippen LogP contribution in [0.15, 0.2) is 22.7 Å². The van der Waals surface area contributed by atoms with E-state index in [4.69, 9.17) is 5.73 Å². The summed E-state index contributed by atoms with van der Waals surface area (Å²) in [6.07, 6.45) is 0.853. The second-order valence-corrected chi connectivity index (χ2v) is 6.10. The topological polar surface area (TPSA) is 83.6 Å². The van der Waals surface area contributed by atoms with E-state index in [0.29, 0.717) is 24.9 Å². The molecule has 1 saturated heterocycles. The summed E-state index contributed by atoms with van der Waals surface area (Å²) in [6.45, 7) is 2.32. The van der Waals surface area contributed by atoms with Crippen molar-refractivity contribution in [2.75, 3.05) is 13.1 Å². The van der Waals surface area contributed by atoms with Gasteiger partial charge in [-0.05, 0) is 43.5 Å². The van der Waals surface area contributed by atoms with Gasteiger partial charge in [0.15, 0.2) is 5.60 Å². The minimum Gasteiger partial charge on any atom is -0.378 e. The molecular weight excluding hydrogens is 324 g/mol. The first-order valence-electron chi connectivity index (χ1n) is 6.41. The van der Waals surface area contributed by atoms with Gasteiger partial charge in [-0.15, -0.1) is 0 Å². The van der Waals surface area contributed by atoms with Crippen molar-refractivity contribution in [1.29, 1.82) is 0 Å². The lowest BCUT2D eigenvalue weighted by Gasteiger charge is -2.37. The van der Waals surface area contributed by atoms with Crippen LogP contribution in [0.2, 0.25) is 0 Å². The maximum atomic E-state index is 12.5. The summed E-state index contributed by atoms with van der Waals surface area (Å²) >= 11 is 3.35. The van der Waals surface area contributed by atoms with Crippen molar-refractivity contribution in [3.63, 3.8) is 0 Å². The van der Waals surface area contributed by atoms with Crippen molar-refractivity contribution in [3.8, 4) is 0 Å². The number of primary amides is 1. The summed E-state index contributed by atoms with van der Waals surface area (Å²) in [5.74, 6) is -0.961. The molecule has 0 unspecified atom stereocenters. The Morgan fingerprint density at radius 3 is 2.75 bits per heavy atom. The molecule has 2 rings (SSSR count). The fourth-order valence-electron chi connectivity index (χ4n) is 2.45. The van der Waals surface area contributed by atoms with Gasteiger partial charge in [-0.25, -0.2) is 0 Å². The van der Waals surface area contributed by atoms with E-state index < -0.39 is 11.5 Å². The maximum absolute atomic E-state index is 12.5. The molecule has 20 heavy (non-hydrogen) atoms. The molecule has 1 fully saturated rings. The van der Waals surface area contributed by atoms with Gasteiger partial charge in [0.05, 0.1) is 6.54 Å². The van der Waals surface area contributed by atoms with Gasteiger partial charge < -0.3 is 15.7 Å². The van der Waals surface area contributed by atoms with Crippen LogP contribution in [0.25, 0.3) is 0 Å². The molecule has 6 heteroatoms. The third-order valence-corrected chi connectivity index (χ3v) is 4.13. The summed E-state index contributed by atoms with van der Waals surface area (Å²) in [4.78, 5) is 25.3. The molecule has 0 saturated carbocycles. The SMILES string of the molecule is Cc1cc(Br)ccc1C(=O)N1CCC[C@@](O)(C(N)=O)C1. The first-order valence-corrected chi connectivity index (χ1v) is 7.20. The van der Waals surface area contributed by atoms with E-state index >= 15 is 0 Å². The van der Waals surface area contributed by atoms with Gasteiger partial charge >= 0.3 is 0 Å². The van der Waals surface area contributed by atoms with Crippen LogP contribution in [-0.2, 0) is 4.79 Å². The van der Waals surface area contributed by atoms with E-state index in [1.54, 1.807) is 12.1 Å². The molecule has 1 aromatic carbocycles. The number of hydrogen-bond acceptors (Lipinski definition) is 3. The fourth-order valence-corrected chi connectivity index (χ4v) is 2.92. The third kappa shape index (κ3) is 2.86. The number of hydrogen-bond donors (Lipinski definition) is 2. The molecule has 1 atom stereocenters. The Morgan fingerprint density at radius 1 is 1.45 bits per heavy atom. The van der Waals surface area contributed by atoms with Gasteiger partial charge in [-0.2, -0.15) is 0 Å². The highest BCUT2D eigenvalue weighted by Gasteiger charge is 2.40. The molecule has 1 aliphatic heterocycles. The minimum absolute atomic E-state index is 0.0450. The van der Waals surface area contributed by atoms with Gasteiger partial charge in [0.2, 0.25) is 0 Å². The molecule has 0 bridgehead atoms.